The molecule has 0 aliphatic heterocycles. The molecule has 0 fully saturated rings. The summed E-state index contributed by atoms with van der Waals surface area (Å²) in [7, 11) is 0. The number of H-pyrrole nitrogens is 1. The van der Waals surface area contributed by atoms with Gasteiger partial charge >= 0.3 is 0 Å². The zero-order valence-corrected chi connectivity index (χ0v) is 16.0. The summed E-state index contributed by atoms with van der Waals surface area (Å²) >= 11 is 0. The van der Waals surface area contributed by atoms with Crippen molar-refractivity contribution in [2.24, 2.45) is 0 Å². The number of fused-ring (bicyclic) bond motifs is 1. The zero-order valence-electron chi connectivity index (χ0n) is 16.0. The Kier molecular flexibility index (Phi) is 4.36. The number of rotatable bonds is 6. The van der Waals surface area contributed by atoms with Crippen LogP contribution in [0.4, 0.5) is 0 Å². The fourth-order valence-electron chi connectivity index (χ4n) is 3.51. The highest BCUT2D eigenvalue weighted by Crippen LogP contribution is 2.29. The predicted octanol–water partition coefficient (Wildman–Crippen LogP) is 3.38. The molecule has 3 heterocycles. The first-order valence-corrected chi connectivity index (χ1v) is 9.65. The minimum absolute atomic E-state index is 0.661. The van der Waals surface area contributed by atoms with E-state index < -0.39 is 0 Å². The van der Waals surface area contributed by atoms with Crippen LogP contribution in [0.1, 0.15) is 24.7 Å². The SMILES string of the molecule is CCCc1nc2ccn(Cc3ccc(-c4ccccc4-c4nnn[nH]4)cc3)n2n1. The summed E-state index contributed by atoms with van der Waals surface area (Å²) < 4.78 is 3.95. The van der Waals surface area contributed by atoms with Gasteiger partial charge < -0.3 is 0 Å². The minimum atomic E-state index is 0.661. The van der Waals surface area contributed by atoms with Crippen molar-refractivity contribution in [3.05, 3.63) is 72.2 Å². The second-order valence-electron chi connectivity index (χ2n) is 6.93. The van der Waals surface area contributed by atoms with Crippen molar-refractivity contribution < 1.29 is 0 Å². The molecule has 2 aromatic carbocycles. The second-order valence-corrected chi connectivity index (χ2v) is 6.93. The number of benzene rings is 2. The summed E-state index contributed by atoms with van der Waals surface area (Å²) in [6, 6.07) is 18.6. The van der Waals surface area contributed by atoms with Crippen LogP contribution in [0.25, 0.3) is 28.2 Å². The number of hydrogen-bond acceptors (Lipinski definition) is 5. The predicted molar refractivity (Wildman–Crippen MR) is 109 cm³/mol. The fourth-order valence-corrected chi connectivity index (χ4v) is 3.51. The van der Waals surface area contributed by atoms with E-state index in [2.05, 4.69) is 72.6 Å². The van der Waals surface area contributed by atoms with Crippen molar-refractivity contribution in [3.8, 4) is 22.5 Å². The highest BCUT2D eigenvalue weighted by atomic mass is 15.5. The first-order chi connectivity index (χ1) is 14.3. The maximum Gasteiger partial charge on any atom is 0.180 e. The van der Waals surface area contributed by atoms with Crippen LogP contribution < -0.4 is 0 Å². The van der Waals surface area contributed by atoms with E-state index in [0.717, 1.165) is 47.5 Å². The quantitative estimate of drug-likeness (QED) is 0.485. The smallest absolute Gasteiger partial charge is 0.180 e. The van der Waals surface area contributed by atoms with Gasteiger partial charge in [-0.25, -0.2) is 10.1 Å². The molecule has 0 saturated carbocycles. The molecule has 8 heteroatoms. The lowest BCUT2D eigenvalue weighted by molar-refractivity contribution is 0.578. The molecule has 0 aliphatic carbocycles. The van der Waals surface area contributed by atoms with Crippen molar-refractivity contribution in [1.29, 1.82) is 0 Å². The third-order valence-corrected chi connectivity index (χ3v) is 4.91. The maximum absolute atomic E-state index is 4.61. The zero-order chi connectivity index (χ0) is 19.6. The van der Waals surface area contributed by atoms with Gasteiger partial charge in [-0.15, -0.1) is 10.2 Å². The van der Waals surface area contributed by atoms with Crippen molar-refractivity contribution in [2.45, 2.75) is 26.3 Å². The van der Waals surface area contributed by atoms with E-state index in [-0.39, 0.29) is 0 Å². The molecule has 0 amide bonds. The number of nitrogens with one attached hydrogen (secondary N) is 1. The van der Waals surface area contributed by atoms with Crippen LogP contribution in [0.15, 0.2) is 60.8 Å². The van der Waals surface area contributed by atoms with E-state index >= 15 is 0 Å². The van der Waals surface area contributed by atoms with Gasteiger partial charge in [-0.1, -0.05) is 55.5 Å². The molecule has 0 aliphatic rings. The Labute approximate surface area is 167 Å². The van der Waals surface area contributed by atoms with Crippen molar-refractivity contribution >= 4 is 5.65 Å². The third kappa shape index (κ3) is 3.29. The molecule has 0 unspecified atom stereocenters. The van der Waals surface area contributed by atoms with Crippen molar-refractivity contribution in [2.75, 3.05) is 0 Å². The summed E-state index contributed by atoms with van der Waals surface area (Å²) in [6.45, 7) is 2.87. The number of aromatic nitrogens is 8. The summed E-state index contributed by atoms with van der Waals surface area (Å²) in [5, 5.41) is 18.9. The van der Waals surface area contributed by atoms with E-state index in [9.17, 15) is 0 Å². The van der Waals surface area contributed by atoms with Crippen LogP contribution in [0, 0.1) is 0 Å². The molecule has 1 N–H and O–H groups in total. The van der Waals surface area contributed by atoms with Gasteiger partial charge in [0.2, 0.25) is 0 Å². The molecule has 5 rings (SSSR count). The first-order valence-electron chi connectivity index (χ1n) is 9.65. The number of hydrogen-bond donors (Lipinski definition) is 1. The van der Waals surface area contributed by atoms with Gasteiger partial charge in [-0.2, -0.15) is 4.63 Å². The molecule has 0 bridgehead atoms. The first kappa shape index (κ1) is 17.3. The minimum Gasteiger partial charge on any atom is -0.266 e. The number of aromatic amines is 1. The van der Waals surface area contributed by atoms with Gasteiger partial charge in [-0.3, -0.25) is 4.68 Å². The van der Waals surface area contributed by atoms with Crippen molar-refractivity contribution in [3.63, 3.8) is 0 Å². The molecule has 3 aromatic heterocycles. The van der Waals surface area contributed by atoms with E-state index in [1.54, 1.807) is 0 Å². The van der Waals surface area contributed by atoms with Crippen molar-refractivity contribution in [1.82, 2.24) is 40.0 Å². The van der Waals surface area contributed by atoms with Gasteiger partial charge in [-0.05, 0) is 33.5 Å². The highest BCUT2D eigenvalue weighted by molar-refractivity contribution is 5.80. The summed E-state index contributed by atoms with van der Waals surface area (Å²) in [5.41, 5.74) is 5.26. The Morgan fingerprint density at radius 2 is 1.79 bits per heavy atom. The van der Waals surface area contributed by atoms with Gasteiger partial charge in [0.1, 0.15) is 0 Å². The lowest BCUT2D eigenvalue weighted by atomic mass is 9.98. The monoisotopic (exact) mass is 384 g/mol. The van der Waals surface area contributed by atoms with E-state index in [1.807, 2.05) is 35.1 Å². The van der Waals surface area contributed by atoms with Gasteiger partial charge in [0, 0.05) is 24.2 Å². The number of nitrogens with zero attached hydrogens (tertiary/aromatic N) is 7. The Bertz CT molecular complexity index is 1230. The second kappa shape index (κ2) is 7.31. The molecule has 144 valence electrons. The lowest BCUT2D eigenvalue weighted by Crippen LogP contribution is -2.07. The third-order valence-electron chi connectivity index (χ3n) is 4.91. The van der Waals surface area contributed by atoms with Gasteiger partial charge in [0.05, 0.1) is 6.54 Å². The Morgan fingerprint density at radius 3 is 2.55 bits per heavy atom. The van der Waals surface area contributed by atoms with Crippen LogP contribution in [-0.4, -0.2) is 40.0 Å². The molecule has 8 nitrogen and oxygen atoms in total. The van der Waals surface area contributed by atoms with Crippen LogP contribution in [0.5, 0.6) is 0 Å². The van der Waals surface area contributed by atoms with Crippen LogP contribution in [0.2, 0.25) is 0 Å². The van der Waals surface area contributed by atoms with E-state index in [0.29, 0.717) is 5.82 Å². The summed E-state index contributed by atoms with van der Waals surface area (Å²) in [4.78, 5) is 4.56. The molecule has 0 radical (unpaired) electrons. The topological polar surface area (TPSA) is 89.6 Å². The molecule has 5 aromatic rings. The molecule has 0 saturated heterocycles. The Balaban J connectivity index is 1.42. The van der Waals surface area contributed by atoms with E-state index in [1.165, 1.54) is 5.56 Å². The lowest BCUT2D eigenvalue weighted by Gasteiger charge is -2.09. The van der Waals surface area contributed by atoms with Crippen LogP contribution in [0.3, 0.4) is 0 Å². The van der Waals surface area contributed by atoms with Gasteiger partial charge in [0.25, 0.3) is 0 Å². The molecular formula is C21H20N8. The number of tetrazole rings is 1. The molecule has 29 heavy (non-hydrogen) atoms. The van der Waals surface area contributed by atoms with Gasteiger partial charge in [0.15, 0.2) is 17.3 Å². The standard InChI is InChI=1S/C21H20N8/c1-2-5-19-22-20-12-13-28(29(20)25-19)14-15-8-10-16(11-9-15)17-6-3-4-7-18(17)21-23-26-27-24-21/h3-4,6-13H,2,5,14H2,1H3,(H,23,24,26,27). The molecule has 0 atom stereocenters. The Morgan fingerprint density at radius 1 is 0.966 bits per heavy atom. The van der Waals surface area contributed by atoms with Crippen LogP contribution in [-0.2, 0) is 13.0 Å². The van der Waals surface area contributed by atoms with Crippen LogP contribution >= 0.6 is 0 Å². The molecular weight excluding hydrogens is 364 g/mol. The summed E-state index contributed by atoms with van der Waals surface area (Å²) in [5.74, 6) is 1.55. The average Bonchev–Trinajstić information content (AvgIpc) is 3.48. The highest BCUT2D eigenvalue weighted by Gasteiger charge is 2.11. The number of aryl methyl sites for hydroxylation is 1. The average molecular weight is 384 g/mol. The normalized spacial score (nSPS) is 11.3. The Hall–Kier alpha value is -3.81. The fraction of sp³-hybridized carbons (Fsp3) is 0.190. The molecule has 0 spiro atoms. The van der Waals surface area contributed by atoms with E-state index in [4.69, 9.17) is 0 Å². The maximum atomic E-state index is 4.61. The summed E-state index contributed by atoms with van der Waals surface area (Å²) in [6.07, 6.45) is 3.96. The largest absolute Gasteiger partial charge is 0.266 e.